The molecule has 3 aromatic rings. The third kappa shape index (κ3) is 5.91. The number of nitrogens with zero attached hydrogens (tertiary/aromatic N) is 2. The topological polar surface area (TPSA) is 88.5 Å². The highest BCUT2D eigenvalue weighted by Crippen LogP contribution is 2.42. The molecule has 204 valence electrons. The number of ether oxygens (including phenoxy) is 3. The molecule has 1 saturated heterocycles. The monoisotopic (exact) mass is 530 g/mol. The first kappa shape index (κ1) is 27.7. The molecule has 0 spiro atoms. The lowest BCUT2D eigenvalue weighted by molar-refractivity contribution is -0.140. The lowest BCUT2D eigenvalue weighted by Gasteiger charge is -2.27. The predicted octanol–water partition coefficient (Wildman–Crippen LogP) is 4.57. The van der Waals surface area contributed by atoms with Crippen LogP contribution in [0.2, 0.25) is 0 Å². The van der Waals surface area contributed by atoms with Crippen LogP contribution in [0.1, 0.15) is 28.3 Å². The summed E-state index contributed by atoms with van der Waals surface area (Å²) in [5.74, 6) is 0.00784. The molecule has 1 atom stereocenters. The molecule has 0 aliphatic carbocycles. The van der Waals surface area contributed by atoms with Crippen LogP contribution < -0.4 is 14.2 Å². The van der Waals surface area contributed by atoms with E-state index >= 15 is 0 Å². The minimum absolute atomic E-state index is 0.0343. The van der Waals surface area contributed by atoms with Gasteiger partial charge in [-0.1, -0.05) is 36.4 Å². The van der Waals surface area contributed by atoms with Gasteiger partial charge >= 0.3 is 0 Å². The first-order valence-electron chi connectivity index (χ1n) is 12.7. The summed E-state index contributed by atoms with van der Waals surface area (Å²) in [7, 11) is 6.89. The number of aryl methyl sites for hydroxylation is 1. The van der Waals surface area contributed by atoms with Crippen molar-refractivity contribution in [1.29, 1.82) is 0 Å². The zero-order valence-corrected chi connectivity index (χ0v) is 22.9. The fourth-order valence-corrected chi connectivity index (χ4v) is 4.65. The molecule has 1 aliphatic rings. The third-order valence-electron chi connectivity index (χ3n) is 6.76. The largest absolute Gasteiger partial charge is 0.507 e. The number of rotatable bonds is 10. The normalized spacial score (nSPS) is 16.6. The summed E-state index contributed by atoms with van der Waals surface area (Å²) < 4.78 is 16.9. The second-order valence-corrected chi connectivity index (χ2v) is 9.66. The van der Waals surface area contributed by atoms with Gasteiger partial charge in [-0.05, 0) is 68.0 Å². The number of likely N-dealkylation sites (tertiary alicyclic amines) is 1. The van der Waals surface area contributed by atoms with Crippen LogP contribution in [0.25, 0.3) is 5.76 Å². The number of benzene rings is 3. The summed E-state index contributed by atoms with van der Waals surface area (Å²) in [6, 6.07) is 19.5. The van der Waals surface area contributed by atoms with E-state index < -0.39 is 17.7 Å². The van der Waals surface area contributed by atoms with Crippen molar-refractivity contribution in [3.63, 3.8) is 0 Å². The first-order chi connectivity index (χ1) is 18.7. The number of likely N-dealkylation sites (N-methyl/N-ethyl adjacent to an activating group) is 1. The standard InChI is InChI=1S/C31H34N2O6/c1-20-17-23(37-4)12-13-24(20)29(34)27-28(33(16-15-32(2)3)31(36)30(27)35)22-11-14-25(26(18-22)38-5)39-19-21-9-7-6-8-10-21/h6-14,17-18,28,34H,15-16,19H2,1-5H3/b29-27+. The van der Waals surface area contributed by atoms with Gasteiger partial charge in [0.1, 0.15) is 18.1 Å². The van der Waals surface area contributed by atoms with Gasteiger partial charge in [0.15, 0.2) is 11.5 Å². The van der Waals surface area contributed by atoms with Crippen molar-refractivity contribution in [3.05, 3.63) is 94.6 Å². The molecule has 1 amide bonds. The first-order valence-corrected chi connectivity index (χ1v) is 12.7. The van der Waals surface area contributed by atoms with Crippen LogP contribution in [-0.4, -0.2) is 68.0 Å². The summed E-state index contributed by atoms with van der Waals surface area (Å²) in [6.07, 6.45) is 0. The van der Waals surface area contributed by atoms with Gasteiger partial charge in [0.05, 0.1) is 25.8 Å². The number of aliphatic hydroxyl groups is 1. The number of methoxy groups -OCH3 is 2. The Hall–Kier alpha value is -4.30. The SMILES string of the molecule is COc1ccc(/C(O)=C2\C(=O)C(=O)N(CCN(C)C)C2c2ccc(OCc3ccccc3)c(OC)c2)c(C)c1. The summed E-state index contributed by atoms with van der Waals surface area (Å²) in [4.78, 5) is 30.1. The maximum Gasteiger partial charge on any atom is 0.295 e. The minimum Gasteiger partial charge on any atom is -0.507 e. The molecular formula is C31H34N2O6. The fourth-order valence-electron chi connectivity index (χ4n) is 4.65. The number of aliphatic hydroxyl groups excluding tert-OH is 1. The van der Waals surface area contributed by atoms with Gasteiger partial charge in [0.2, 0.25) is 0 Å². The molecule has 8 heteroatoms. The molecule has 3 aromatic carbocycles. The Morgan fingerprint density at radius 2 is 1.69 bits per heavy atom. The number of carbonyl (C=O) groups excluding carboxylic acids is 2. The van der Waals surface area contributed by atoms with Gasteiger partial charge in [-0.15, -0.1) is 0 Å². The van der Waals surface area contributed by atoms with Crippen LogP contribution in [0.15, 0.2) is 72.3 Å². The van der Waals surface area contributed by atoms with E-state index in [4.69, 9.17) is 14.2 Å². The highest BCUT2D eigenvalue weighted by molar-refractivity contribution is 6.46. The van der Waals surface area contributed by atoms with Crippen LogP contribution in [-0.2, 0) is 16.2 Å². The minimum atomic E-state index is -0.802. The van der Waals surface area contributed by atoms with E-state index in [2.05, 4.69) is 0 Å². The van der Waals surface area contributed by atoms with Crippen LogP contribution in [0.3, 0.4) is 0 Å². The zero-order chi connectivity index (χ0) is 28.1. The molecule has 0 aromatic heterocycles. The Morgan fingerprint density at radius 3 is 2.33 bits per heavy atom. The molecule has 8 nitrogen and oxygen atoms in total. The average Bonchev–Trinajstić information content (AvgIpc) is 3.19. The molecule has 1 heterocycles. The van der Waals surface area contributed by atoms with E-state index in [0.717, 1.165) is 5.56 Å². The highest BCUT2D eigenvalue weighted by atomic mass is 16.5. The van der Waals surface area contributed by atoms with Crippen molar-refractivity contribution < 1.29 is 28.9 Å². The summed E-state index contributed by atoms with van der Waals surface area (Å²) in [5, 5.41) is 11.4. The maximum atomic E-state index is 13.4. The smallest absolute Gasteiger partial charge is 0.295 e. The van der Waals surface area contributed by atoms with Crippen molar-refractivity contribution >= 4 is 17.4 Å². The number of ketones is 1. The van der Waals surface area contributed by atoms with Crippen molar-refractivity contribution in [2.24, 2.45) is 0 Å². The molecule has 4 rings (SSSR count). The van der Waals surface area contributed by atoms with E-state index in [1.165, 1.54) is 12.0 Å². The second kappa shape index (κ2) is 12.0. The molecule has 0 saturated carbocycles. The zero-order valence-electron chi connectivity index (χ0n) is 22.9. The quantitative estimate of drug-likeness (QED) is 0.233. The van der Waals surface area contributed by atoms with Gasteiger partial charge in [-0.3, -0.25) is 9.59 Å². The molecule has 1 fully saturated rings. The van der Waals surface area contributed by atoms with Crippen LogP contribution in [0.4, 0.5) is 0 Å². The van der Waals surface area contributed by atoms with E-state index in [0.29, 0.717) is 53.6 Å². The summed E-state index contributed by atoms with van der Waals surface area (Å²) >= 11 is 0. The van der Waals surface area contributed by atoms with Crippen LogP contribution in [0, 0.1) is 6.92 Å². The summed E-state index contributed by atoms with van der Waals surface area (Å²) in [5.41, 5.74) is 2.85. The van der Waals surface area contributed by atoms with Gasteiger partial charge in [-0.2, -0.15) is 0 Å². The van der Waals surface area contributed by atoms with Gasteiger partial charge in [-0.25, -0.2) is 0 Å². The lowest BCUT2D eigenvalue weighted by atomic mass is 9.93. The number of amides is 1. The Bertz CT molecular complexity index is 1380. The van der Waals surface area contributed by atoms with E-state index in [-0.39, 0.29) is 11.3 Å². The number of hydrogen-bond donors (Lipinski definition) is 1. The van der Waals surface area contributed by atoms with E-state index in [1.54, 1.807) is 43.5 Å². The fraction of sp³-hybridized carbons (Fsp3) is 0.290. The van der Waals surface area contributed by atoms with Gasteiger partial charge in [0, 0.05) is 18.7 Å². The third-order valence-corrected chi connectivity index (χ3v) is 6.76. The average molecular weight is 531 g/mol. The molecule has 1 unspecified atom stereocenters. The highest BCUT2D eigenvalue weighted by Gasteiger charge is 2.46. The van der Waals surface area contributed by atoms with Crippen LogP contribution >= 0.6 is 0 Å². The second-order valence-electron chi connectivity index (χ2n) is 9.66. The Balaban J connectivity index is 1.78. The molecular weight excluding hydrogens is 496 g/mol. The van der Waals surface area contributed by atoms with Crippen molar-refractivity contribution in [2.45, 2.75) is 19.6 Å². The Morgan fingerprint density at radius 1 is 0.949 bits per heavy atom. The van der Waals surface area contributed by atoms with Gasteiger partial charge in [0.25, 0.3) is 11.7 Å². The predicted molar refractivity (Wildman–Crippen MR) is 149 cm³/mol. The van der Waals surface area contributed by atoms with E-state index in [1.807, 2.05) is 56.3 Å². The molecule has 1 N–H and O–H groups in total. The van der Waals surface area contributed by atoms with Gasteiger partial charge < -0.3 is 29.1 Å². The number of Topliss-reactive ketones (excluding diaryl/α,β-unsaturated/α-hetero) is 1. The summed E-state index contributed by atoms with van der Waals surface area (Å²) in [6.45, 7) is 3.01. The van der Waals surface area contributed by atoms with Crippen molar-refractivity contribution in [1.82, 2.24) is 9.80 Å². The van der Waals surface area contributed by atoms with E-state index in [9.17, 15) is 14.7 Å². The molecule has 0 bridgehead atoms. The lowest BCUT2D eigenvalue weighted by Crippen LogP contribution is -2.35. The van der Waals surface area contributed by atoms with Crippen molar-refractivity contribution in [3.8, 4) is 17.2 Å². The Labute approximate surface area is 229 Å². The number of hydrogen-bond acceptors (Lipinski definition) is 7. The van der Waals surface area contributed by atoms with Crippen LogP contribution in [0.5, 0.6) is 17.2 Å². The van der Waals surface area contributed by atoms with Crippen molar-refractivity contribution in [2.75, 3.05) is 41.4 Å². The Kier molecular flexibility index (Phi) is 8.56. The molecule has 39 heavy (non-hydrogen) atoms. The maximum absolute atomic E-state index is 13.4. The number of carbonyl (C=O) groups is 2. The molecule has 0 radical (unpaired) electrons. The molecule has 1 aliphatic heterocycles.